The zero-order chi connectivity index (χ0) is 27.8. The molecular weight excluding hydrogens is 504 g/mol. The van der Waals surface area contributed by atoms with Gasteiger partial charge in [0.05, 0.1) is 24.7 Å². The molecule has 5 rings (SSSR count). The van der Waals surface area contributed by atoms with Crippen molar-refractivity contribution < 1.29 is 24.8 Å². The molecule has 40 heavy (non-hydrogen) atoms. The topological polar surface area (TPSA) is 82.5 Å². The SMILES string of the molecule is O=C(CCCCON(O)O)N1CC[C@H](c2cccc(-c3ccccc3)c2)C(OCC2(Cc3ccccc3)CC2)C1. The van der Waals surface area contributed by atoms with E-state index in [1.54, 1.807) is 0 Å². The second-order valence-electron chi connectivity index (χ2n) is 11.3. The van der Waals surface area contributed by atoms with Gasteiger partial charge in [-0.25, -0.2) is 0 Å². The molecule has 1 aliphatic heterocycles. The Balaban J connectivity index is 1.27. The first kappa shape index (κ1) is 28.5. The molecule has 1 saturated carbocycles. The Kier molecular flexibility index (Phi) is 9.62. The molecular formula is C33H40N2O5. The van der Waals surface area contributed by atoms with Crippen LogP contribution in [0.2, 0.25) is 0 Å². The zero-order valence-corrected chi connectivity index (χ0v) is 23.0. The average Bonchev–Trinajstić information content (AvgIpc) is 3.76. The lowest BCUT2D eigenvalue weighted by Gasteiger charge is -2.39. The molecule has 2 N–H and O–H groups in total. The number of benzene rings is 3. The van der Waals surface area contributed by atoms with Crippen LogP contribution < -0.4 is 0 Å². The van der Waals surface area contributed by atoms with Crippen molar-refractivity contribution >= 4 is 5.91 Å². The van der Waals surface area contributed by atoms with Crippen LogP contribution in [0.5, 0.6) is 0 Å². The van der Waals surface area contributed by atoms with Gasteiger partial charge in [-0.2, -0.15) is 0 Å². The fourth-order valence-electron chi connectivity index (χ4n) is 5.82. The largest absolute Gasteiger partial charge is 0.375 e. The van der Waals surface area contributed by atoms with Gasteiger partial charge in [-0.05, 0) is 66.2 Å². The third-order valence-electron chi connectivity index (χ3n) is 8.31. The van der Waals surface area contributed by atoms with Crippen molar-refractivity contribution in [3.8, 4) is 11.1 Å². The fourth-order valence-corrected chi connectivity index (χ4v) is 5.82. The number of hydrogen-bond acceptors (Lipinski definition) is 6. The number of rotatable bonds is 13. The van der Waals surface area contributed by atoms with Crippen LogP contribution in [0.1, 0.15) is 55.6 Å². The molecule has 0 spiro atoms. The highest BCUT2D eigenvalue weighted by Crippen LogP contribution is 2.49. The van der Waals surface area contributed by atoms with Crippen molar-refractivity contribution in [2.75, 3.05) is 26.3 Å². The maximum Gasteiger partial charge on any atom is 0.222 e. The van der Waals surface area contributed by atoms with Gasteiger partial charge in [-0.15, -0.1) is 0 Å². The summed E-state index contributed by atoms with van der Waals surface area (Å²) in [5.74, 6) is 0.328. The summed E-state index contributed by atoms with van der Waals surface area (Å²) in [4.78, 5) is 19.6. The second-order valence-corrected chi connectivity index (χ2v) is 11.3. The Morgan fingerprint density at radius 2 is 1.65 bits per heavy atom. The molecule has 1 unspecified atom stereocenters. The fraction of sp³-hybridized carbons (Fsp3) is 0.424. The number of hydrogen-bond donors (Lipinski definition) is 2. The Hall–Kier alpha value is -3.07. The summed E-state index contributed by atoms with van der Waals surface area (Å²) < 4.78 is 6.77. The molecule has 3 aromatic carbocycles. The lowest BCUT2D eigenvalue weighted by atomic mass is 9.85. The number of amides is 1. The van der Waals surface area contributed by atoms with E-state index in [1.807, 2.05) is 11.0 Å². The lowest BCUT2D eigenvalue weighted by Crippen LogP contribution is -2.47. The summed E-state index contributed by atoms with van der Waals surface area (Å²) in [7, 11) is 0. The first-order valence-electron chi connectivity index (χ1n) is 14.4. The number of likely N-dealkylation sites (tertiary alicyclic amines) is 1. The van der Waals surface area contributed by atoms with Gasteiger partial charge >= 0.3 is 0 Å². The molecule has 2 atom stereocenters. The van der Waals surface area contributed by atoms with Crippen LogP contribution >= 0.6 is 0 Å². The van der Waals surface area contributed by atoms with Gasteiger partial charge in [0, 0.05) is 25.4 Å². The van der Waals surface area contributed by atoms with E-state index >= 15 is 0 Å². The van der Waals surface area contributed by atoms with Gasteiger partial charge in [0.1, 0.15) is 0 Å². The first-order chi connectivity index (χ1) is 19.5. The highest BCUT2D eigenvalue weighted by molar-refractivity contribution is 5.76. The number of piperidine rings is 1. The highest BCUT2D eigenvalue weighted by Gasteiger charge is 2.44. The van der Waals surface area contributed by atoms with Gasteiger partial charge in [-0.3, -0.25) is 20.0 Å². The van der Waals surface area contributed by atoms with E-state index < -0.39 is 0 Å². The Morgan fingerprint density at radius 1 is 0.925 bits per heavy atom. The van der Waals surface area contributed by atoms with E-state index in [0.29, 0.717) is 39.0 Å². The minimum Gasteiger partial charge on any atom is -0.375 e. The maximum atomic E-state index is 13.1. The van der Waals surface area contributed by atoms with Crippen molar-refractivity contribution in [2.45, 2.75) is 57.0 Å². The molecule has 1 amide bonds. The van der Waals surface area contributed by atoms with Gasteiger partial charge in [0.15, 0.2) is 0 Å². The van der Waals surface area contributed by atoms with E-state index in [9.17, 15) is 4.79 Å². The van der Waals surface area contributed by atoms with Crippen molar-refractivity contribution in [3.63, 3.8) is 0 Å². The summed E-state index contributed by atoms with van der Waals surface area (Å²) in [6.07, 6.45) is 5.74. The van der Waals surface area contributed by atoms with Crippen LogP contribution in [0.4, 0.5) is 0 Å². The van der Waals surface area contributed by atoms with E-state index in [-0.39, 0.29) is 35.3 Å². The van der Waals surface area contributed by atoms with Crippen LogP contribution in [0, 0.1) is 5.41 Å². The van der Waals surface area contributed by atoms with Crippen LogP contribution in [0.25, 0.3) is 11.1 Å². The second kappa shape index (κ2) is 13.5. The molecule has 0 aromatic heterocycles. The third kappa shape index (κ3) is 7.77. The summed E-state index contributed by atoms with van der Waals surface area (Å²) in [6.45, 7) is 2.14. The van der Waals surface area contributed by atoms with Crippen molar-refractivity contribution in [2.24, 2.45) is 5.41 Å². The van der Waals surface area contributed by atoms with Gasteiger partial charge < -0.3 is 9.64 Å². The number of carbonyl (C=O) groups is 1. The smallest absolute Gasteiger partial charge is 0.222 e. The molecule has 2 fully saturated rings. The molecule has 1 aliphatic carbocycles. The van der Waals surface area contributed by atoms with Gasteiger partial charge in [0.25, 0.3) is 0 Å². The minimum atomic E-state index is -0.286. The van der Waals surface area contributed by atoms with E-state index in [2.05, 4.69) is 83.7 Å². The number of carbonyl (C=O) groups excluding carboxylic acids is 1. The van der Waals surface area contributed by atoms with Crippen molar-refractivity contribution in [3.05, 3.63) is 96.1 Å². The summed E-state index contributed by atoms with van der Waals surface area (Å²) >= 11 is 0. The number of nitrogens with zero attached hydrogens (tertiary/aromatic N) is 2. The van der Waals surface area contributed by atoms with E-state index in [4.69, 9.17) is 15.2 Å². The minimum absolute atomic E-state index is 0.0716. The molecule has 2 aliphatic rings. The molecule has 212 valence electrons. The number of ether oxygens (including phenoxy) is 1. The summed E-state index contributed by atoms with van der Waals surface area (Å²) in [5, 5.41) is 17.0. The first-order valence-corrected chi connectivity index (χ1v) is 14.4. The Morgan fingerprint density at radius 3 is 2.38 bits per heavy atom. The molecule has 3 aromatic rings. The average molecular weight is 545 g/mol. The standard InChI is InChI=1S/C33H40N2O5/c36-32(16-7-8-21-40-35(37)38)34-20-17-30(29-15-9-14-28(22-29)27-12-5-2-6-13-27)31(24-34)39-25-33(18-19-33)23-26-10-3-1-4-11-26/h1-6,9-15,22,30-31,37-38H,7-8,16-21,23-25H2/t30-,31?/m1/s1. The quantitative estimate of drug-likeness (QED) is 0.195. The molecule has 1 saturated heterocycles. The highest BCUT2D eigenvalue weighted by atomic mass is 17.1. The lowest BCUT2D eigenvalue weighted by molar-refractivity contribution is -0.492. The van der Waals surface area contributed by atoms with Crippen LogP contribution in [0.15, 0.2) is 84.9 Å². The van der Waals surface area contributed by atoms with Crippen molar-refractivity contribution in [1.29, 1.82) is 0 Å². The zero-order valence-electron chi connectivity index (χ0n) is 23.0. The Bertz CT molecular complexity index is 1220. The number of unbranched alkanes of at least 4 members (excludes halogenated alkanes) is 1. The van der Waals surface area contributed by atoms with Gasteiger partial charge in [0.2, 0.25) is 5.91 Å². The molecule has 1 heterocycles. The molecule has 7 nitrogen and oxygen atoms in total. The van der Waals surface area contributed by atoms with Crippen LogP contribution in [0.3, 0.4) is 0 Å². The van der Waals surface area contributed by atoms with Gasteiger partial charge in [-0.1, -0.05) is 84.9 Å². The predicted octanol–water partition coefficient (Wildman–Crippen LogP) is 6.26. The molecule has 0 bridgehead atoms. The normalized spacial score (nSPS) is 20.0. The van der Waals surface area contributed by atoms with Crippen LogP contribution in [-0.2, 0) is 20.8 Å². The predicted molar refractivity (Wildman–Crippen MR) is 153 cm³/mol. The monoisotopic (exact) mass is 544 g/mol. The Labute approximate surface area is 236 Å². The van der Waals surface area contributed by atoms with E-state index in [0.717, 1.165) is 12.8 Å². The maximum absolute atomic E-state index is 13.1. The third-order valence-corrected chi connectivity index (χ3v) is 8.31. The van der Waals surface area contributed by atoms with E-state index in [1.165, 1.54) is 35.1 Å². The van der Waals surface area contributed by atoms with Crippen molar-refractivity contribution in [1.82, 2.24) is 10.3 Å². The summed E-state index contributed by atoms with van der Waals surface area (Å²) in [5.41, 5.74) is 5.21. The summed E-state index contributed by atoms with van der Waals surface area (Å²) in [6, 6.07) is 29.9. The molecule has 0 radical (unpaired) electrons. The molecule has 7 heteroatoms. The van der Waals surface area contributed by atoms with Crippen LogP contribution in [-0.4, -0.2) is 59.0 Å².